The van der Waals surface area contributed by atoms with Crippen LogP contribution in [0.15, 0.2) is 50.8 Å². The lowest BCUT2D eigenvalue weighted by Gasteiger charge is -2.18. The van der Waals surface area contributed by atoms with Gasteiger partial charge in [-0.3, -0.25) is 4.79 Å². The van der Waals surface area contributed by atoms with E-state index < -0.39 is 12.1 Å². The Morgan fingerprint density at radius 1 is 1.24 bits per heavy atom. The topological polar surface area (TPSA) is 86.0 Å². The SMILES string of the molecule is CC[C@@H](C)c1nc2ccc(Br)cc2c(=O)n1N=Cc1ccc(N(C)C)cc1O[C@H](C)C(=O)OC. The molecule has 0 saturated heterocycles. The molecule has 9 heteroatoms. The summed E-state index contributed by atoms with van der Waals surface area (Å²) in [4.78, 5) is 31.9. The van der Waals surface area contributed by atoms with Crippen LogP contribution < -0.4 is 15.2 Å². The summed E-state index contributed by atoms with van der Waals surface area (Å²) in [6.45, 7) is 5.67. The fraction of sp³-hybridized carbons (Fsp3) is 0.360. The molecule has 3 aromatic rings. The number of hydrogen-bond donors (Lipinski definition) is 0. The number of methoxy groups -OCH3 is 1. The molecular weight excluding hydrogens is 500 g/mol. The van der Waals surface area contributed by atoms with Crippen molar-refractivity contribution < 1.29 is 14.3 Å². The Balaban J connectivity index is 2.14. The monoisotopic (exact) mass is 528 g/mol. The molecule has 2 aromatic carbocycles. The number of carbonyl (C=O) groups excluding carboxylic acids is 1. The summed E-state index contributed by atoms with van der Waals surface area (Å²) in [5.74, 6) is 0.554. The zero-order valence-electron chi connectivity index (χ0n) is 20.2. The number of hydrogen-bond acceptors (Lipinski definition) is 7. The second-order valence-electron chi connectivity index (χ2n) is 8.20. The van der Waals surface area contributed by atoms with E-state index >= 15 is 0 Å². The van der Waals surface area contributed by atoms with Gasteiger partial charge in [-0.25, -0.2) is 9.78 Å². The second kappa shape index (κ2) is 10.8. The highest BCUT2D eigenvalue weighted by atomic mass is 79.9. The number of esters is 1. The number of benzene rings is 2. The van der Waals surface area contributed by atoms with Crippen LogP contribution in [0.5, 0.6) is 5.75 Å². The van der Waals surface area contributed by atoms with Crippen molar-refractivity contribution >= 4 is 44.7 Å². The highest BCUT2D eigenvalue weighted by Gasteiger charge is 2.18. The standard InChI is InChI=1S/C25H29BrN4O4/c1-7-15(2)23-28-21-11-9-18(26)12-20(21)24(31)30(23)27-14-17-8-10-19(29(4)5)13-22(17)34-16(3)25(32)33-6/h8-16H,7H2,1-6H3/t15-,16-/m1/s1. The van der Waals surface area contributed by atoms with Gasteiger partial charge in [0.05, 0.1) is 24.2 Å². The molecule has 0 fully saturated rings. The summed E-state index contributed by atoms with van der Waals surface area (Å²) in [5, 5.41) is 4.99. The molecule has 0 amide bonds. The van der Waals surface area contributed by atoms with Gasteiger partial charge >= 0.3 is 5.97 Å². The summed E-state index contributed by atoms with van der Waals surface area (Å²) < 4.78 is 12.8. The number of ether oxygens (including phenoxy) is 2. The van der Waals surface area contributed by atoms with E-state index in [0.717, 1.165) is 16.6 Å². The van der Waals surface area contributed by atoms with E-state index in [-0.39, 0.29) is 11.5 Å². The van der Waals surface area contributed by atoms with Crippen molar-refractivity contribution in [3.05, 3.63) is 62.6 Å². The molecule has 0 bridgehead atoms. The van der Waals surface area contributed by atoms with E-state index in [2.05, 4.69) is 21.0 Å². The van der Waals surface area contributed by atoms with Crippen molar-refractivity contribution in [2.45, 2.75) is 39.2 Å². The molecule has 0 saturated carbocycles. The Morgan fingerprint density at radius 2 is 1.97 bits per heavy atom. The molecule has 2 atom stereocenters. The Bertz CT molecular complexity index is 1290. The van der Waals surface area contributed by atoms with Crippen LogP contribution in [-0.4, -0.2) is 49.2 Å². The Labute approximate surface area is 207 Å². The van der Waals surface area contributed by atoms with Crippen LogP contribution in [0.1, 0.15) is 44.5 Å². The van der Waals surface area contributed by atoms with Gasteiger partial charge < -0.3 is 14.4 Å². The van der Waals surface area contributed by atoms with Crippen LogP contribution >= 0.6 is 15.9 Å². The lowest BCUT2D eigenvalue weighted by Crippen LogP contribution is -2.26. The Kier molecular flexibility index (Phi) is 8.09. The van der Waals surface area contributed by atoms with Crippen LogP contribution in [0.2, 0.25) is 0 Å². The van der Waals surface area contributed by atoms with Crippen LogP contribution in [0.25, 0.3) is 10.9 Å². The largest absolute Gasteiger partial charge is 0.478 e. The van der Waals surface area contributed by atoms with Crippen molar-refractivity contribution in [1.82, 2.24) is 9.66 Å². The van der Waals surface area contributed by atoms with Gasteiger partial charge in [0.25, 0.3) is 5.56 Å². The highest BCUT2D eigenvalue weighted by Crippen LogP contribution is 2.26. The predicted octanol–water partition coefficient (Wildman–Crippen LogP) is 4.56. The summed E-state index contributed by atoms with van der Waals surface area (Å²) in [5.41, 5.74) is 1.87. The van der Waals surface area contributed by atoms with Gasteiger partial charge in [-0.15, -0.1) is 0 Å². The number of anilines is 1. The Morgan fingerprint density at radius 3 is 2.62 bits per heavy atom. The van der Waals surface area contributed by atoms with E-state index in [4.69, 9.17) is 14.5 Å². The highest BCUT2D eigenvalue weighted by molar-refractivity contribution is 9.10. The van der Waals surface area contributed by atoms with Gasteiger partial charge in [0.2, 0.25) is 0 Å². The van der Waals surface area contributed by atoms with Gasteiger partial charge in [-0.05, 0) is 43.7 Å². The fourth-order valence-electron chi connectivity index (χ4n) is 3.31. The van der Waals surface area contributed by atoms with Crippen LogP contribution in [-0.2, 0) is 9.53 Å². The lowest BCUT2D eigenvalue weighted by atomic mass is 10.1. The summed E-state index contributed by atoms with van der Waals surface area (Å²) in [6, 6.07) is 11.0. The summed E-state index contributed by atoms with van der Waals surface area (Å²) in [6.07, 6.45) is 1.54. The summed E-state index contributed by atoms with van der Waals surface area (Å²) in [7, 11) is 5.13. The minimum atomic E-state index is -0.812. The van der Waals surface area contributed by atoms with Crippen molar-refractivity contribution in [3.63, 3.8) is 0 Å². The van der Waals surface area contributed by atoms with E-state index in [0.29, 0.717) is 28.0 Å². The van der Waals surface area contributed by atoms with E-state index in [1.807, 2.05) is 63.2 Å². The molecule has 1 aromatic heterocycles. The van der Waals surface area contributed by atoms with Gasteiger partial charge in [-0.2, -0.15) is 9.78 Å². The number of aromatic nitrogens is 2. The van der Waals surface area contributed by atoms with Gasteiger partial charge in [-0.1, -0.05) is 29.8 Å². The maximum Gasteiger partial charge on any atom is 0.346 e. The van der Waals surface area contributed by atoms with Gasteiger partial charge in [0, 0.05) is 41.8 Å². The molecule has 0 aliphatic rings. The molecule has 0 aliphatic heterocycles. The Hall–Kier alpha value is -3.20. The molecular formula is C25H29BrN4O4. The molecule has 0 spiro atoms. The van der Waals surface area contributed by atoms with Crippen molar-refractivity contribution in [2.75, 3.05) is 26.1 Å². The second-order valence-corrected chi connectivity index (χ2v) is 9.12. The molecule has 0 radical (unpaired) electrons. The molecule has 0 aliphatic carbocycles. The summed E-state index contributed by atoms with van der Waals surface area (Å²) >= 11 is 3.42. The lowest BCUT2D eigenvalue weighted by molar-refractivity contribution is -0.147. The van der Waals surface area contributed by atoms with Gasteiger partial charge in [0.15, 0.2) is 6.10 Å². The van der Waals surface area contributed by atoms with Crippen molar-refractivity contribution in [3.8, 4) is 5.75 Å². The molecule has 3 rings (SSSR count). The molecule has 8 nitrogen and oxygen atoms in total. The van der Waals surface area contributed by atoms with Crippen LogP contribution in [0.3, 0.4) is 0 Å². The minimum Gasteiger partial charge on any atom is -0.478 e. The third-order valence-corrected chi connectivity index (χ3v) is 6.04. The van der Waals surface area contributed by atoms with E-state index in [1.165, 1.54) is 11.8 Å². The predicted molar refractivity (Wildman–Crippen MR) is 138 cm³/mol. The van der Waals surface area contributed by atoms with Crippen molar-refractivity contribution in [2.24, 2.45) is 5.10 Å². The zero-order valence-corrected chi connectivity index (χ0v) is 21.8. The molecule has 0 N–H and O–H groups in total. The normalized spacial score (nSPS) is 13.1. The van der Waals surface area contributed by atoms with Crippen LogP contribution in [0.4, 0.5) is 5.69 Å². The molecule has 34 heavy (non-hydrogen) atoms. The first-order chi connectivity index (χ1) is 16.2. The third kappa shape index (κ3) is 5.47. The number of fused-ring (bicyclic) bond motifs is 1. The van der Waals surface area contributed by atoms with E-state index in [9.17, 15) is 9.59 Å². The minimum absolute atomic E-state index is 0.0177. The maximum absolute atomic E-state index is 13.4. The van der Waals surface area contributed by atoms with Crippen molar-refractivity contribution in [1.29, 1.82) is 0 Å². The number of carbonyl (C=O) groups is 1. The molecule has 180 valence electrons. The number of rotatable bonds is 8. The smallest absolute Gasteiger partial charge is 0.346 e. The quantitative estimate of drug-likeness (QED) is 0.314. The number of halogens is 1. The maximum atomic E-state index is 13.4. The van der Waals surface area contributed by atoms with Gasteiger partial charge in [0.1, 0.15) is 11.6 Å². The van der Waals surface area contributed by atoms with Crippen LogP contribution in [0, 0.1) is 0 Å². The fourth-order valence-corrected chi connectivity index (χ4v) is 3.67. The first-order valence-electron chi connectivity index (χ1n) is 11.0. The average Bonchev–Trinajstić information content (AvgIpc) is 2.82. The first kappa shape index (κ1) is 25.4. The average molecular weight is 529 g/mol. The zero-order chi connectivity index (χ0) is 25.0. The first-order valence-corrected chi connectivity index (χ1v) is 11.8. The number of nitrogens with zero attached hydrogens (tertiary/aromatic N) is 4. The third-order valence-electron chi connectivity index (χ3n) is 5.55. The molecule has 1 heterocycles. The van der Waals surface area contributed by atoms with E-state index in [1.54, 1.807) is 19.2 Å². The molecule has 0 unspecified atom stereocenters.